The van der Waals surface area contributed by atoms with E-state index in [4.69, 9.17) is 0 Å². The van der Waals surface area contributed by atoms with Crippen LogP contribution in [0.2, 0.25) is 0 Å². The lowest BCUT2D eigenvalue weighted by Crippen LogP contribution is -2.08. The van der Waals surface area contributed by atoms with Gasteiger partial charge in [-0.05, 0) is 31.9 Å². The number of thioether (sulfide) groups is 1. The van der Waals surface area contributed by atoms with Crippen LogP contribution in [-0.4, -0.2) is 33.0 Å². The summed E-state index contributed by atoms with van der Waals surface area (Å²) in [5.41, 5.74) is 1.06. The highest BCUT2D eigenvalue weighted by atomic mass is 32.2. The molecule has 0 saturated carbocycles. The van der Waals surface area contributed by atoms with Crippen LogP contribution in [0.15, 0.2) is 13.7 Å². The molecule has 2 aromatic rings. The fourth-order valence-corrected chi connectivity index (χ4v) is 4.05. The first-order valence-corrected chi connectivity index (χ1v) is 9.58. The number of rotatable bonds is 6. The molecule has 0 saturated heterocycles. The Morgan fingerprint density at radius 1 is 1.19 bits per heavy atom. The van der Waals surface area contributed by atoms with Crippen molar-refractivity contribution in [1.29, 1.82) is 0 Å². The van der Waals surface area contributed by atoms with Gasteiger partial charge < -0.3 is 5.32 Å². The summed E-state index contributed by atoms with van der Waals surface area (Å²) in [6.07, 6.45) is 2.00. The summed E-state index contributed by atoms with van der Waals surface area (Å²) in [7, 11) is 0. The number of nitrogens with zero attached hydrogens (tertiary/aromatic N) is 4. The molecule has 8 heteroatoms. The number of nitrogens with one attached hydrogen (secondary N) is 1. The summed E-state index contributed by atoms with van der Waals surface area (Å²) in [5, 5.41) is 12.6. The predicted octanol–water partition coefficient (Wildman–Crippen LogP) is 4.06. The SMILES string of the molecule is CCNc1nc(C(C)C)nc(Sc2nnc(SC)s2)c1C. The van der Waals surface area contributed by atoms with Crippen molar-refractivity contribution in [2.75, 3.05) is 18.1 Å². The minimum absolute atomic E-state index is 0.290. The number of hydrogen-bond acceptors (Lipinski definition) is 8. The summed E-state index contributed by atoms with van der Waals surface area (Å²) in [6.45, 7) is 9.16. The molecular weight excluding hydrogens is 322 g/mol. The zero-order valence-electron chi connectivity index (χ0n) is 12.8. The monoisotopic (exact) mass is 341 g/mol. The van der Waals surface area contributed by atoms with Gasteiger partial charge in [0.05, 0.1) is 0 Å². The van der Waals surface area contributed by atoms with Crippen LogP contribution in [0.1, 0.15) is 38.1 Å². The van der Waals surface area contributed by atoms with Crippen molar-refractivity contribution in [3.05, 3.63) is 11.4 Å². The molecule has 5 nitrogen and oxygen atoms in total. The number of hydrogen-bond donors (Lipinski definition) is 1. The van der Waals surface area contributed by atoms with E-state index < -0.39 is 0 Å². The minimum atomic E-state index is 0.290. The first-order chi connectivity index (χ1) is 10.0. The lowest BCUT2D eigenvalue weighted by molar-refractivity contribution is 0.748. The first kappa shape index (κ1) is 16.5. The Morgan fingerprint density at radius 3 is 2.48 bits per heavy atom. The molecular formula is C13H19N5S3. The molecule has 0 radical (unpaired) electrons. The third kappa shape index (κ3) is 4.08. The third-order valence-electron chi connectivity index (χ3n) is 2.73. The summed E-state index contributed by atoms with van der Waals surface area (Å²) in [5.74, 6) is 2.06. The van der Waals surface area contributed by atoms with Crippen LogP contribution in [0.4, 0.5) is 5.82 Å². The average Bonchev–Trinajstić information content (AvgIpc) is 2.90. The Balaban J connectivity index is 2.36. The molecule has 0 aromatic carbocycles. The Bertz CT molecular complexity index is 612. The van der Waals surface area contributed by atoms with Crippen molar-refractivity contribution in [2.45, 2.75) is 47.3 Å². The van der Waals surface area contributed by atoms with E-state index in [0.717, 1.165) is 37.5 Å². The second-order valence-corrected chi connectivity index (χ2v) is 7.95. The molecule has 114 valence electrons. The second-order valence-electron chi connectivity index (χ2n) is 4.69. The molecule has 1 N–H and O–H groups in total. The fourth-order valence-electron chi connectivity index (χ4n) is 1.61. The van der Waals surface area contributed by atoms with E-state index in [2.05, 4.69) is 46.3 Å². The van der Waals surface area contributed by atoms with Crippen molar-refractivity contribution in [3.63, 3.8) is 0 Å². The molecule has 0 spiro atoms. The fraction of sp³-hybridized carbons (Fsp3) is 0.538. The van der Waals surface area contributed by atoms with Crippen LogP contribution in [0.25, 0.3) is 0 Å². The van der Waals surface area contributed by atoms with E-state index in [0.29, 0.717) is 5.92 Å². The lowest BCUT2D eigenvalue weighted by Gasteiger charge is -2.13. The van der Waals surface area contributed by atoms with Gasteiger partial charge in [0.2, 0.25) is 0 Å². The topological polar surface area (TPSA) is 63.6 Å². The highest BCUT2D eigenvalue weighted by Gasteiger charge is 2.15. The zero-order chi connectivity index (χ0) is 15.4. The van der Waals surface area contributed by atoms with Gasteiger partial charge in [-0.3, -0.25) is 0 Å². The first-order valence-electron chi connectivity index (χ1n) is 6.72. The quantitative estimate of drug-likeness (QED) is 0.627. The van der Waals surface area contributed by atoms with Crippen molar-refractivity contribution >= 4 is 40.7 Å². The van der Waals surface area contributed by atoms with E-state index in [1.165, 1.54) is 0 Å². The summed E-state index contributed by atoms with van der Waals surface area (Å²) in [4.78, 5) is 9.30. The summed E-state index contributed by atoms with van der Waals surface area (Å²) in [6, 6.07) is 0. The maximum Gasteiger partial charge on any atom is 0.181 e. The van der Waals surface area contributed by atoms with Gasteiger partial charge in [-0.15, -0.1) is 10.2 Å². The van der Waals surface area contributed by atoms with Crippen LogP contribution >= 0.6 is 34.9 Å². The van der Waals surface area contributed by atoms with Gasteiger partial charge >= 0.3 is 0 Å². The summed E-state index contributed by atoms with van der Waals surface area (Å²) >= 11 is 4.77. The molecule has 2 aromatic heterocycles. The molecule has 0 fully saturated rings. The largest absolute Gasteiger partial charge is 0.370 e. The van der Waals surface area contributed by atoms with Crippen molar-refractivity contribution in [3.8, 4) is 0 Å². The van der Waals surface area contributed by atoms with Crippen LogP contribution < -0.4 is 5.32 Å². The second kappa shape index (κ2) is 7.42. The molecule has 2 rings (SSSR count). The van der Waals surface area contributed by atoms with E-state index in [1.54, 1.807) is 34.9 Å². The van der Waals surface area contributed by atoms with Crippen molar-refractivity contribution in [2.24, 2.45) is 0 Å². The maximum absolute atomic E-state index is 4.69. The molecule has 0 aliphatic heterocycles. The normalized spacial score (nSPS) is 11.1. The van der Waals surface area contributed by atoms with Crippen molar-refractivity contribution in [1.82, 2.24) is 20.2 Å². The highest BCUT2D eigenvalue weighted by molar-refractivity contribution is 8.03. The molecule has 2 heterocycles. The lowest BCUT2D eigenvalue weighted by atomic mass is 10.2. The summed E-state index contributed by atoms with van der Waals surface area (Å²) < 4.78 is 1.89. The third-order valence-corrected chi connectivity index (χ3v) is 5.77. The van der Waals surface area contributed by atoms with Gasteiger partial charge in [-0.25, -0.2) is 9.97 Å². The van der Waals surface area contributed by atoms with Gasteiger partial charge in [0, 0.05) is 18.0 Å². The highest BCUT2D eigenvalue weighted by Crippen LogP contribution is 2.35. The van der Waals surface area contributed by atoms with E-state index >= 15 is 0 Å². The van der Waals surface area contributed by atoms with E-state index in [1.807, 2.05) is 13.2 Å². The molecule has 0 amide bonds. The van der Waals surface area contributed by atoms with Crippen LogP contribution in [0.5, 0.6) is 0 Å². The predicted molar refractivity (Wildman–Crippen MR) is 90.8 cm³/mol. The molecule has 0 aliphatic rings. The maximum atomic E-state index is 4.69. The Labute approximate surface area is 137 Å². The molecule has 0 unspecified atom stereocenters. The van der Waals surface area contributed by atoms with Gasteiger partial charge in [-0.1, -0.05) is 36.9 Å². The molecule has 21 heavy (non-hydrogen) atoms. The van der Waals surface area contributed by atoms with Crippen LogP contribution in [0, 0.1) is 6.92 Å². The number of anilines is 1. The van der Waals surface area contributed by atoms with E-state index in [-0.39, 0.29) is 0 Å². The van der Waals surface area contributed by atoms with Gasteiger partial charge in [-0.2, -0.15) is 0 Å². The number of aromatic nitrogens is 4. The Kier molecular flexibility index (Phi) is 5.83. The smallest absolute Gasteiger partial charge is 0.181 e. The molecule has 0 aliphatic carbocycles. The average molecular weight is 342 g/mol. The van der Waals surface area contributed by atoms with Crippen molar-refractivity contribution < 1.29 is 0 Å². The van der Waals surface area contributed by atoms with Crippen LogP contribution in [-0.2, 0) is 0 Å². The minimum Gasteiger partial charge on any atom is -0.370 e. The van der Waals surface area contributed by atoms with Gasteiger partial charge in [0.15, 0.2) is 8.68 Å². The standard InChI is InChI=1S/C13H19N5S3/c1-6-14-10-8(4)11(16-9(15-10)7(2)3)20-13-18-17-12(19-5)21-13/h7H,6H2,1-5H3,(H,14,15,16). The van der Waals surface area contributed by atoms with Crippen LogP contribution in [0.3, 0.4) is 0 Å². The molecule has 0 bridgehead atoms. The van der Waals surface area contributed by atoms with Gasteiger partial charge in [0.1, 0.15) is 16.7 Å². The molecule has 0 atom stereocenters. The Morgan fingerprint density at radius 2 is 1.90 bits per heavy atom. The zero-order valence-corrected chi connectivity index (χ0v) is 15.2. The van der Waals surface area contributed by atoms with E-state index in [9.17, 15) is 0 Å². The van der Waals surface area contributed by atoms with Gasteiger partial charge in [0.25, 0.3) is 0 Å². The Hall–Kier alpha value is -0.860.